The minimum atomic E-state index is -0.0226. The Hall–Kier alpha value is -1.43. The molecule has 3 heteroatoms. The van der Waals surface area contributed by atoms with Crippen LogP contribution in [-0.2, 0) is 11.8 Å². The van der Waals surface area contributed by atoms with Crippen molar-refractivity contribution < 1.29 is 0 Å². The molecule has 3 nitrogen and oxygen atoms in total. The Morgan fingerprint density at radius 3 is 2.23 bits per heavy atom. The average Bonchev–Trinajstić information content (AvgIpc) is 2.04. The van der Waals surface area contributed by atoms with Gasteiger partial charge in [-0.15, -0.1) is 0 Å². The first-order valence-corrected chi connectivity index (χ1v) is 4.22. The van der Waals surface area contributed by atoms with Crippen molar-refractivity contribution in [3.63, 3.8) is 0 Å². The molecule has 1 heterocycles. The van der Waals surface area contributed by atoms with E-state index in [1.165, 1.54) is 0 Å². The molecule has 0 N–H and O–H groups in total. The Labute approximate surface area is 78.5 Å². The SMILES string of the molecule is CC(C)(C)c1ncc(CC#N)cn1. The van der Waals surface area contributed by atoms with Crippen LogP contribution in [0.3, 0.4) is 0 Å². The van der Waals surface area contributed by atoms with E-state index in [0.29, 0.717) is 6.42 Å². The number of nitriles is 1. The van der Waals surface area contributed by atoms with E-state index < -0.39 is 0 Å². The number of hydrogen-bond donors (Lipinski definition) is 0. The van der Waals surface area contributed by atoms with E-state index in [0.717, 1.165) is 11.4 Å². The predicted octanol–water partition coefficient (Wildman–Crippen LogP) is 1.84. The topological polar surface area (TPSA) is 49.6 Å². The molecule has 68 valence electrons. The van der Waals surface area contributed by atoms with Gasteiger partial charge in [-0.3, -0.25) is 0 Å². The number of rotatable bonds is 1. The van der Waals surface area contributed by atoms with Crippen molar-refractivity contribution in [1.29, 1.82) is 5.26 Å². The van der Waals surface area contributed by atoms with Crippen LogP contribution < -0.4 is 0 Å². The van der Waals surface area contributed by atoms with Crippen molar-refractivity contribution in [1.82, 2.24) is 9.97 Å². The summed E-state index contributed by atoms with van der Waals surface area (Å²) >= 11 is 0. The van der Waals surface area contributed by atoms with Gasteiger partial charge in [0, 0.05) is 23.4 Å². The summed E-state index contributed by atoms with van der Waals surface area (Å²) in [5.74, 6) is 0.814. The van der Waals surface area contributed by atoms with E-state index in [1.54, 1.807) is 12.4 Å². The molecular weight excluding hydrogens is 162 g/mol. The number of hydrogen-bond acceptors (Lipinski definition) is 3. The second-order valence-electron chi connectivity index (χ2n) is 4.00. The van der Waals surface area contributed by atoms with Gasteiger partial charge in [0.25, 0.3) is 0 Å². The van der Waals surface area contributed by atoms with E-state index in [9.17, 15) is 0 Å². The Morgan fingerprint density at radius 1 is 1.31 bits per heavy atom. The van der Waals surface area contributed by atoms with Crippen molar-refractivity contribution in [2.45, 2.75) is 32.6 Å². The first-order chi connectivity index (χ1) is 6.04. The fourth-order valence-corrected chi connectivity index (χ4v) is 0.925. The summed E-state index contributed by atoms with van der Waals surface area (Å²) in [6.45, 7) is 6.19. The maximum atomic E-state index is 8.44. The molecule has 0 saturated heterocycles. The van der Waals surface area contributed by atoms with Crippen LogP contribution in [0.25, 0.3) is 0 Å². The molecule has 1 rings (SSSR count). The van der Waals surface area contributed by atoms with Gasteiger partial charge < -0.3 is 0 Å². The molecular formula is C10H13N3. The van der Waals surface area contributed by atoms with Crippen molar-refractivity contribution in [2.75, 3.05) is 0 Å². The maximum absolute atomic E-state index is 8.44. The van der Waals surface area contributed by atoms with E-state index in [1.807, 2.05) is 0 Å². The molecule has 0 amide bonds. The van der Waals surface area contributed by atoms with Gasteiger partial charge in [-0.25, -0.2) is 9.97 Å². The zero-order chi connectivity index (χ0) is 9.90. The highest BCUT2D eigenvalue weighted by atomic mass is 14.9. The Bertz CT molecular complexity index is 314. The summed E-state index contributed by atoms with van der Waals surface area (Å²) in [5, 5.41) is 8.44. The lowest BCUT2D eigenvalue weighted by molar-refractivity contribution is 0.544. The molecule has 0 aliphatic carbocycles. The molecule has 1 aromatic rings. The molecule has 0 aliphatic rings. The molecule has 0 radical (unpaired) electrons. The van der Waals surface area contributed by atoms with Crippen LogP contribution in [0.1, 0.15) is 32.2 Å². The zero-order valence-corrected chi connectivity index (χ0v) is 8.20. The zero-order valence-electron chi connectivity index (χ0n) is 8.20. The fraction of sp³-hybridized carbons (Fsp3) is 0.500. The second kappa shape index (κ2) is 3.53. The van der Waals surface area contributed by atoms with Crippen LogP contribution in [0.2, 0.25) is 0 Å². The van der Waals surface area contributed by atoms with Crippen molar-refractivity contribution in [3.8, 4) is 6.07 Å². The van der Waals surface area contributed by atoms with Gasteiger partial charge in [0.1, 0.15) is 5.82 Å². The number of nitrogens with zero attached hydrogens (tertiary/aromatic N) is 3. The van der Waals surface area contributed by atoms with Gasteiger partial charge in [-0.1, -0.05) is 20.8 Å². The first kappa shape index (κ1) is 9.66. The summed E-state index contributed by atoms with van der Waals surface area (Å²) in [6.07, 6.45) is 3.82. The van der Waals surface area contributed by atoms with Crippen LogP contribution in [0.4, 0.5) is 0 Å². The smallest absolute Gasteiger partial charge is 0.133 e. The van der Waals surface area contributed by atoms with Gasteiger partial charge in [0.2, 0.25) is 0 Å². The van der Waals surface area contributed by atoms with E-state index in [4.69, 9.17) is 5.26 Å². The Morgan fingerprint density at radius 2 is 1.85 bits per heavy atom. The molecule has 0 spiro atoms. The highest BCUT2D eigenvalue weighted by Crippen LogP contribution is 2.16. The van der Waals surface area contributed by atoms with Crippen molar-refractivity contribution in [3.05, 3.63) is 23.8 Å². The highest BCUT2D eigenvalue weighted by Gasteiger charge is 2.16. The van der Waals surface area contributed by atoms with Crippen molar-refractivity contribution in [2.24, 2.45) is 0 Å². The molecule has 0 bridgehead atoms. The second-order valence-corrected chi connectivity index (χ2v) is 4.00. The Kier molecular flexibility index (Phi) is 2.62. The highest BCUT2D eigenvalue weighted by molar-refractivity contribution is 5.12. The molecule has 0 aliphatic heterocycles. The van der Waals surface area contributed by atoms with Gasteiger partial charge in [0.05, 0.1) is 12.5 Å². The maximum Gasteiger partial charge on any atom is 0.133 e. The molecule has 0 saturated carbocycles. The molecule has 13 heavy (non-hydrogen) atoms. The molecule has 0 atom stereocenters. The average molecular weight is 175 g/mol. The third-order valence-electron chi connectivity index (χ3n) is 1.66. The summed E-state index contributed by atoms with van der Waals surface area (Å²) in [5.41, 5.74) is 0.848. The molecule has 1 aromatic heterocycles. The largest absolute Gasteiger partial charge is 0.240 e. The minimum absolute atomic E-state index is 0.0226. The predicted molar refractivity (Wildman–Crippen MR) is 50.0 cm³/mol. The third-order valence-corrected chi connectivity index (χ3v) is 1.66. The third kappa shape index (κ3) is 2.51. The van der Waals surface area contributed by atoms with Crippen LogP contribution in [0.5, 0.6) is 0 Å². The van der Waals surface area contributed by atoms with E-state index in [-0.39, 0.29) is 5.41 Å². The lowest BCUT2D eigenvalue weighted by Gasteiger charge is -2.15. The summed E-state index contributed by atoms with van der Waals surface area (Å²) in [6, 6.07) is 2.06. The minimum Gasteiger partial charge on any atom is -0.240 e. The van der Waals surface area contributed by atoms with Crippen LogP contribution >= 0.6 is 0 Å². The quantitative estimate of drug-likeness (QED) is 0.654. The first-order valence-electron chi connectivity index (χ1n) is 4.22. The lowest BCUT2D eigenvalue weighted by atomic mass is 9.96. The van der Waals surface area contributed by atoms with Crippen LogP contribution in [-0.4, -0.2) is 9.97 Å². The Balaban J connectivity index is 2.89. The standard InChI is InChI=1S/C10H13N3/c1-10(2,3)9-12-6-8(4-5-11)7-13-9/h6-7H,4H2,1-3H3. The van der Waals surface area contributed by atoms with Crippen molar-refractivity contribution >= 4 is 0 Å². The fourth-order valence-electron chi connectivity index (χ4n) is 0.925. The molecule has 0 unspecified atom stereocenters. The van der Waals surface area contributed by atoms with Gasteiger partial charge in [0.15, 0.2) is 0 Å². The van der Waals surface area contributed by atoms with E-state index in [2.05, 4.69) is 36.8 Å². The lowest BCUT2D eigenvalue weighted by Crippen LogP contribution is -2.15. The monoisotopic (exact) mass is 175 g/mol. The molecule has 0 aromatic carbocycles. The summed E-state index contributed by atoms with van der Waals surface area (Å²) in [4.78, 5) is 8.41. The van der Waals surface area contributed by atoms with Gasteiger partial charge >= 0.3 is 0 Å². The van der Waals surface area contributed by atoms with Crippen LogP contribution in [0, 0.1) is 11.3 Å². The number of aromatic nitrogens is 2. The van der Waals surface area contributed by atoms with Gasteiger partial charge in [-0.2, -0.15) is 5.26 Å². The summed E-state index contributed by atoms with van der Waals surface area (Å²) in [7, 11) is 0. The normalized spacial score (nSPS) is 10.9. The van der Waals surface area contributed by atoms with Gasteiger partial charge in [-0.05, 0) is 0 Å². The summed E-state index contributed by atoms with van der Waals surface area (Å²) < 4.78 is 0. The van der Waals surface area contributed by atoms with Crippen LogP contribution in [0.15, 0.2) is 12.4 Å². The molecule has 0 fully saturated rings. The van der Waals surface area contributed by atoms with E-state index >= 15 is 0 Å².